The quantitative estimate of drug-likeness (QED) is 0.159. The van der Waals surface area contributed by atoms with Crippen LogP contribution in [-0.4, -0.2) is 54.1 Å². The molecule has 9 nitrogen and oxygen atoms in total. The van der Waals surface area contributed by atoms with Gasteiger partial charge in [0.25, 0.3) is 5.22 Å². The third-order valence-corrected chi connectivity index (χ3v) is 7.77. The van der Waals surface area contributed by atoms with Crippen LogP contribution in [0, 0.1) is 21.7 Å². The van der Waals surface area contributed by atoms with Gasteiger partial charge < -0.3 is 25.5 Å². The summed E-state index contributed by atoms with van der Waals surface area (Å²) >= 11 is 1.49. The second kappa shape index (κ2) is 17.2. The number of benzene rings is 1. The Hall–Kier alpha value is -2.43. The fourth-order valence-corrected chi connectivity index (χ4v) is 5.15. The number of anilines is 1. The lowest BCUT2D eigenvalue weighted by Crippen LogP contribution is -2.44. The van der Waals surface area contributed by atoms with Crippen LogP contribution in [0.3, 0.4) is 0 Å². The highest BCUT2D eigenvalue weighted by molar-refractivity contribution is 7.99. The van der Waals surface area contributed by atoms with Gasteiger partial charge in [0, 0.05) is 28.6 Å². The number of nitrogens with zero attached hydrogens (tertiary/aromatic N) is 2. The Morgan fingerprint density at radius 3 is 2.00 bits per heavy atom. The number of rotatable bonds is 17. The van der Waals surface area contributed by atoms with E-state index >= 15 is 0 Å². The fraction of sp³-hybridized carbons (Fsp3) is 0.697. The zero-order valence-electron chi connectivity index (χ0n) is 28.5. The molecule has 2 amide bonds. The number of hydrogen-bond donors (Lipinski definition) is 3. The smallest absolute Gasteiger partial charge is 0.276 e. The highest BCUT2D eigenvalue weighted by Gasteiger charge is 2.39. The van der Waals surface area contributed by atoms with Crippen LogP contribution < -0.4 is 16.4 Å². The van der Waals surface area contributed by atoms with Gasteiger partial charge in [0.15, 0.2) is 0 Å². The number of hydrogen-bond acceptors (Lipinski definition) is 8. The molecule has 0 radical (unpaired) electrons. The lowest BCUT2D eigenvalue weighted by atomic mass is 9.74. The van der Waals surface area contributed by atoms with Gasteiger partial charge in [0.05, 0.1) is 13.2 Å². The predicted molar refractivity (Wildman–Crippen MR) is 178 cm³/mol. The monoisotopic (exact) mass is 619 g/mol. The van der Waals surface area contributed by atoms with E-state index in [0.29, 0.717) is 49.5 Å². The second-order valence-electron chi connectivity index (χ2n) is 13.6. The van der Waals surface area contributed by atoms with Gasteiger partial charge in [-0.25, -0.2) is 0 Å². The number of nitrogens with one attached hydrogen (secondary N) is 2. The molecule has 0 saturated carbocycles. The van der Waals surface area contributed by atoms with Crippen LogP contribution in [0.5, 0.6) is 0 Å². The summed E-state index contributed by atoms with van der Waals surface area (Å²) in [5.74, 6) is 1.07. The lowest BCUT2D eigenvalue weighted by molar-refractivity contribution is -0.133. The van der Waals surface area contributed by atoms with E-state index in [1.807, 2.05) is 72.7 Å². The van der Waals surface area contributed by atoms with Gasteiger partial charge in [-0.15, -0.1) is 10.2 Å². The van der Waals surface area contributed by atoms with Crippen LogP contribution in [0.15, 0.2) is 33.9 Å². The second-order valence-corrected chi connectivity index (χ2v) is 14.9. The molecule has 244 valence electrons. The summed E-state index contributed by atoms with van der Waals surface area (Å²) in [7, 11) is 0. The molecule has 0 fully saturated rings. The molecule has 0 aliphatic heterocycles. The summed E-state index contributed by atoms with van der Waals surface area (Å²) in [6.07, 6.45) is 2.09. The molecule has 0 spiro atoms. The maximum Gasteiger partial charge on any atom is 0.276 e. The standard InChI is InChI=1S/C31H51N5O4S.C2H6/c1-10-41-27-36-35-24(40-27)22-11-13-23(14-12-22)34-26(38)31(8,9)19-30(6,7)25(37)33-18-16-29(4,5)21-39-20-28(2,3)15-17-32;1-2/h11-14H,10,15-21,32H2,1-9H3,(H,33,37)(H,34,38);1-2H3. The van der Waals surface area contributed by atoms with Crippen LogP contribution >= 0.6 is 11.8 Å². The summed E-state index contributed by atoms with van der Waals surface area (Å²) in [5.41, 5.74) is 5.60. The van der Waals surface area contributed by atoms with Gasteiger partial charge in [0.2, 0.25) is 17.7 Å². The minimum atomic E-state index is -0.776. The summed E-state index contributed by atoms with van der Waals surface area (Å²) in [6.45, 7) is 24.6. The molecule has 0 saturated heterocycles. The molecule has 1 heterocycles. The average Bonchev–Trinajstić information content (AvgIpc) is 3.38. The average molecular weight is 620 g/mol. The Morgan fingerprint density at radius 1 is 0.884 bits per heavy atom. The van der Waals surface area contributed by atoms with Crippen molar-refractivity contribution in [2.75, 3.05) is 37.4 Å². The van der Waals surface area contributed by atoms with E-state index in [9.17, 15) is 9.59 Å². The van der Waals surface area contributed by atoms with Crippen molar-refractivity contribution in [3.63, 3.8) is 0 Å². The van der Waals surface area contributed by atoms with Crippen LogP contribution in [0.25, 0.3) is 11.5 Å². The SMILES string of the molecule is CC.CCSc1nnc(-c2ccc(NC(=O)C(C)(C)CC(C)(C)C(=O)NCCC(C)(C)COCC(C)(C)CCN)cc2)o1. The Kier molecular flexibility index (Phi) is 15.4. The van der Waals surface area contributed by atoms with Crippen molar-refractivity contribution < 1.29 is 18.7 Å². The van der Waals surface area contributed by atoms with E-state index < -0.39 is 10.8 Å². The fourth-order valence-electron chi connectivity index (χ4n) is 4.66. The van der Waals surface area contributed by atoms with Crippen molar-refractivity contribution in [3.8, 4) is 11.5 Å². The number of thioether (sulfide) groups is 1. The van der Waals surface area contributed by atoms with Crippen molar-refractivity contribution in [1.29, 1.82) is 0 Å². The highest BCUT2D eigenvalue weighted by Crippen LogP contribution is 2.35. The van der Waals surface area contributed by atoms with Crippen LogP contribution in [0.2, 0.25) is 0 Å². The molecule has 10 heteroatoms. The molecule has 0 atom stereocenters. The molecular weight excluding hydrogens is 562 g/mol. The van der Waals surface area contributed by atoms with Crippen LogP contribution in [0.4, 0.5) is 5.69 Å². The van der Waals surface area contributed by atoms with E-state index in [2.05, 4.69) is 48.5 Å². The summed E-state index contributed by atoms with van der Waals surface area (Å²) in [6, 6.07) is 7.29. The number of aromatic nitrogens is 2. The summed E-state index contributed by atoms with van der Waals surface area (Å²) in [5, 5.41) is 14.7. The molecule has 0 aliphatic carbocycles. The largest absolute Gasteiger partial charge is 0.411 e. The molecule has 1 aromatic carbocycles. The Balaban J connectivity index is 0.00000452. The molecule has 0 aliphatic rings. The van der Waals surface area contributed by atoms with E-state index in [1.165, 1.54) is 11.8 Å². The molecule has 1 aromatic heterocycles. The number of nitrogens with two attached hydrogens (primary N) is 1. The van der Waals surface area contributed by atoms with E-state index in [0.717, 1.165) is 24.2 Å². The van der Waals surface area contributed by atoms with Crippen molar-refractivity contribution in [3.05, 3.63) is 24.3 Å². The first-order chi connectivity index (χ1) is 20.0. The summed E-state index contributed by atoms with van der Waals surface area (Å²) < 4.78 is 11.6. The maximum atomic E-state index is 13.2. The third-order valence-electron chi connectivity index (χ3n) is 7.07. The Labute approximate surface area is 264 Å². The lowest BCUT2D eigenvalue weighted by Gasteiger charge is -2.33. The first-order valence-electron chi connectivity index (χ1n) is 15.4. The first kappa shape index (κ1) is 38.6. The first-order valence-corrected chi connectivity index (χ1v) is 16.4. The zero-order valence-corrected chi connectivity index (χ0v) is 29.3. The molecular formula is C33H57N5O4S. The van der Waals surface area contributed by atoms with Gasteiger partial charge in [0.1, 0.15) is 0 Å². The van der Waals surface area contributed by atoms with Gasteiger partial charge in [-0.3, -0.25) is 9.59 Å². The van der Waals surface area contributed by atoms with Crippen molar-refractivity contribution in [2.24, 2.45) is 27.4 Å². The highest BCUT2D eigenvalue weighted by atomic mass is 32.2. The van der Waals surface area contributed by atoms with Crippen LogP contribution in [-0.2, 0) is 14.3 Å². The molecule has 2 aromatic rings. The van der Waals surface area contributed by atoms with Gasteiger partial charge in [-0.1, -0.05) is 87.9 Å². The number of ether oxygens (including phenoxy) is 1. The number of carbonyl (C=O) groups excluding carboxylic acids is 2. The van der Waals surface area contributed by atoms with Gasteiger partial charge in [-0.05, 0) is 66.7 Å². The maximum absolute atomic E-state index is 13.2. The normalized spacial score (nSPS) is 12.4. The molecule has 2 rings (SSSR count). The van der Waals surface area contributed by atoms with E-state index in [4.69, 9.17) is 14.9 Å². The van der Waals surface area contributed by atoms with Crippen molar-refractivity contribution in [1.82, 2.24) is 15.5 Å². The third kappa shape index (κ3) is 13.4. The van der Waals surface area contributed by atoms with E-state index in [-0.39, 0.29) is 22.6 Å². The van der Waals surface area contributed by atoms with Gasteiger partial charge in [-0.2, -0.15) is 0 Å². The summed E-state index contributed by atoms with van der Waals surface area (Å²) in [4.78, 5) is 26.3. The Bertz CT molecular complexity index is 1130. The molecule has 43 heavy (non-hydrogen) atoms. The minimum Gasteiger partial charge on any atom is -0.411 e. The number of amides is 2. The molecule has 4 N–H and O–H groups in total. The van der Waals surface area contributed by atoms with Gasteiger partial charge >= 0.3 is 0 Å². The van der Waals surface area contributed by atoms with Crippen molar-refractivity contribution in [2.45, 2.75) is 101 Å². The van der Waals surface area contributed by atoms with Crippen molar-refractivity contribution >= 4 is 29.3 Å². The number of carbonyl (C=O) groups is 2. The van der Waals surface area contributed by atoms with E-state index in [1.54, 1.807) is 0 Å². The molecule has 0 unspecified atom stereocenters. The zero-order chi connectivity index (χ0) is 32.9. The predicted octanol–water partition coefficient (Wildman–Crippen LogP) is 7.18. The minimum absolute atomic E-state index is 0.0541. The Morgan fingerprint density at radius 2 is 1.44 bits per heavy atom. The molecule has 0 bridgehead atoms. The van der Waals surface area contributed by atoms with Crippen LogP contribution in [0.1, 0.15) is 95.4 Å². The topological polar surface area (TPSA) is 132 Å².